The van der Waals surface area contributed by atoms with Crippen molar-refractivity contribution in [3.05, 3.63) is 28.2 Å². The van der Waals surface area contributed by atoms with Crippen LogP contribution in [0, 0.1) is 11.8 Å². The molecule has 2 aliphatic rings. The summed E-state index contributed by atoms with van der Waals surface area (Å²) in [6.45, 7) is 0. The van der Waals surface area contributed by atoms with Crippen molar-refractivity contribution in [3.8, 4) is 0 Å². The molecule has 2 fully saturated rings. The van der Waals surface area contributed by atoms with E-state index < -0.39 is 5.97 Å². The smallest absolute Gasteiger partial charge is 0.337 e. The molecular formula is C15H17BrN2O3. The van der Waals surface area contributed by atoms with Crippen molar-refractivity contribution in [2.75, 3.05) is 5.32 Å². The highest BCUT2D eigenvalue weighted by Crippen LogP contribution is 2.44. The summed E-state index contributed by atoms with van der Waals surface area (Å²) >= 11 is 3.23. The minimum atomic E-state index is -1.06. The summed E-state index contributed by atoms with van der Waals surface area (Å²) in [7, 11) is 0. The van der Waals surface area contributed by atoms with E-state index in [9.17, 15) is 14.7 Å². The molecule has 3 rings (SSSR count). The van der Waals surface area contributed by atoms with E-state index in [1.165, 1.54) is 31.7 Å². The zero-order chi connectivity index (χ0) is 15.0. The fourth-order valence-electron chi connectivity index (χ4n) is 2.64. The van der Waals surface area contributed by atoms with Crippen LogP contribution in [-0.2, 0) is 0 Å². The molecule has 1 aromatic rings. The second kappa shape index (κ2) is 5.67. The third kappa shape index (κ3) is 3.56. The third-order valence-corrected chi connectivity index (χ3v) is 4.51. The molecule has 0 atom stereocenters. The average molecular weight is 353 g/mol. The zero-order valence-corrected chi connectivity index (χ0v) is 13.0. The third-order valence-electron chi connectivity index (χ3n) is 4.02. The largest absolute Gasteiger partial charge is 0.478 e. The van der Waals surface area contributed by atoms with Crippen LogP contribution < -0.4 is 10.6 Å². The van der Waals surface area contributed by atoms with Crippen molar-refractivity contribution >= 4 is 33.6 Å². The van der Waals surface area contributed by atoms with Gasteiger partial charge in [0.25, 0.3) is 0 Å². The molecule has 6 heteroatoms. The van der Waals surface area contributed by atoms with E-state index in [-0.39, 0.29) is 17.6 Å². The number of halogens is 1. The van der Waals surface area contributed by atoms with Gasteiger partial charge in [-0.15, -0.1) is 0 Å². The summed E-state index contributed by atoms with van der Waals surface area (Å²) < 4.78 is 0.666. The number of carbonyl (C=O) groups is 2. The number of urea groups is 1. The maximum Gasteiger partial charge on any atom is 0.337 e. The highest BCUT2D eigenvalue weighted by molar-refractivity contribution is 9.10. The molecule has 0 aliphatic heterocycles. The number of carbonyl (C=O) groups excluding carboxylic acids is 1. The monoisotopic (exact) mass is 352 g/mol. The van der Waals surface area contributed by atoms with E-state index in [4.69, 9.17) is 0 Å². The highest BCUT2D eigenvalue weighted by Gasteiger charge is 2.42. The first kappa shape index (κ1) is 14.4. The van der Waals surface area contributed by atoms with Gasteiger partial charge in [-0.3, -0.25) is 0 Å². The molecule has 0 bridgehead atoms. The summed E-state index contributed by atoms with van der Waals surface area (Å²) in [6, 6.07) is 4.71. The normalized spacial score (nSPS) is 17.6. The first-order chi connectivity index (χ1) is 10.0. The second-order valence-electron chi connectivity index (χ2n) is 5.79. The molecule has 0 heterocycles. The average Bonchev–Trinajstić information content (AvgIpc) is 3.30. The Morgan fingerprint density at radius 1 is 1.19 bits per heavy atom. The van der Waals surface area contributed by atoms with E-state index in [2.05, 4.69) is 26.6 Å². The van der Waals surface area contributed by atoms with E-state index in [0.29, 0.717) is 22.0 Å². The van der Waals surface area contributed by atoms with Crippen LogP contribution in [0.3, 0.4) is 0 Å². The van der Waals surface area contributed by atoms with Crippen molar-refractivity contribution < 1.29 is 14.7 Å². The number of hydrogen-bond donors (Lipinski definition) is 3. The highest BCUT2D eigenvalue weighted by atomic mass is 79.9. The maximum atomic E-state index is 12.1. The van der Waals surface area contributed by atoms with Crippen LogP contribution in [0.1, 0.15) is 36.0 Å². The summed E-state index contributed by atoms with van der Waals surface area (Å²) in [6.07, 6.45) is 4.72. The van der Waals surface area contributed by atoms with Gasteiger partial charge in [0, 0.05) is 10.5 Å². The van der Waals surface area contributed by atoms with E-state index in [1.807, 2.05) is 0 Å². The van der Waals surface area contributed by atoms with E-state index in [1.54, 1.807) is 12.1 Å². The fourth-order valence-corrected chi connectivity index (χ4v) is 3.00. The zero-order valence-electron chi connectivity index (χ0n) is 11.4. The molecule has 0 saturated heterocycles. The summed E-state index contributed by atoms with van der Waals surface area (Å²) in [5, 5.41) is 14.9. The lowest BCUT2D eigenvalue weighted by Crippen LogP contribution is -2.40. The number of rotatable bonds is 5. The Labute approximate surface area is 131 Å². The Kier molecular flexibility index (Phi) is 3.89. The van der Waals surface area contributed by atoms with Crippen LogP contribution in [0.2, 0.25) is 0 Å². The molecule has 2 saturated carbocycles. The Morgan fingerprint density at radius 2 is 1.81 bits per heavy atom. The van der Waals surface area contributed by atoms with Gasteiger partial charge in [0.15, 0.2) is 0 Å². The Hall–Kier alpha value is -1.56. The predicted octanol–water partition coefficient (Wildman–Crippen LogP) is 3.46. The molecule has 0 radical (unpaired) electrons. The van der Waals surface area contributed by atoms with Gasteiger partial charge in [-0.1, -0.05) is 15.9 Å². The molecule has 5 nitrogen and oxygen atoms in total. The van der Waals surface area contributed by atoms with Crippen molar-refractivity contribution in [1.29, 1.82) is 0 Å². The Morgan fingerprint density at radius 3 is 2.33 bits per heavy atom. The van der Waals surface area contributed by atoms with E-state index in [0.717, 1.165) is 0 Å². The van der Waals surface area contributed by atoms with Gasteiger partial charge in [-0.2, -0.15) is 0 Å². The van der Waals surface area contributed by atoms with Crippen LogP contribution in [-0.4, -0.2) is 23.1 Å². The SMILES string of the molecule is O=C(Nc1ccc(Br)cc1C(=O)O)NC(C1CC1)C1CC1. The van der Waals surface area contributed by atoms with Crippen LogP contribution in [0.25, 0.3) is 0 Å². The molecule has 112 valence electrons. The van der Waals surface area contributed by atoms with Crippen LogP contribution >= 0.6 is 15.9 Å². The molecule has 2 aliphatic carbocycles. The number of carboxylic acids is 1. The molecule has 0 unspecified atom stereocenters. The van der Waals surface area contributed by atoms with Gasteiger partial charge in [0.05, 0.1) is 11.3 Å². The minimum Gasteiger partial charge on any atom is -0.478 e. The molecular weight excluding hydrogens is 336 g/mol. The van der Waals surface area contributed by atoms with E-state index >= 15 is 0 Å². The first-order valence-corrected chi connectivity index (χ1v) is 7.94. The molecule has 0 aromatic heterocycles. The second-order valence-corrected chi connectivity index (χ2v) is 6.71. The first-order valence-electron chi connectivity index (χ1n) is 7.15. The number of aromatic carboxylic acids is 1. The topological polar surface area (TPSA) is 78.4 Å². The number of amides is 2. The summed E-state index contributed by atoms with van der Waals surface area (Å²) in [4.78, 5) is 23.3. The number of nitrogens with one attached hydrogen (secondary N) is 2. The molecule has 3 N–H and O–H groups in total. The van der Waals surface area contributed by atoms with Crippen LogP contribution in [0.15, 0.2) is 22.7 Å². The maximum absolute atomic E-state index is 12.1. The number of anilines is 1. The fraction of sp³-hybridized carbons (Fsp3) is 0.467. The predicted molar refractivity (Wildman–Crippen MR) is 82.5 cm³/mol. The van der Waals surface area contributed by atoms with Gasteiger partial charge in [-0.05, 0) is 55.7 Å². The van der Waals surface area contributed by atoms with Crippen LogP contribution in [0.4, 0.5) is 10.5 Å². The van der Waals surface area contributed by atoms with Crippen molar-refractivity contribution in [2.24, 2.45) is 11.8 Å². The lowest BCUT2D eigenvalue weighted by Gasteiger charge is -2.18. The quantitative estimate of drug-likeness (QED) is 0.759. The summed E-state index contributed by atoms with van der Waals surface area (Å²) in [5.74, 6) is 0.145. The van der Waals surface area contributed by atoms with Gasteiger partial charge in [0.2, 0.25) is 0 Å². The molecule has 2 amide bonds. The van der Waals surface area contributed by atoms with Crippen LogP contribution in [0.5, 0.6) is 0 Å². The molecule has 1 aromatic carbocycles. The number of hydrogen-bond acceptors (Lipinski definition) is 2. The molecule has 0 spiro atoms. The van der Waals surface area contributed by atoms with Crippen molar-refractivity contribution in [1.82, 2.24) is 5.32 Å². The lowest BCUT2D eigenvalue weighted by atomic mass is 10.1. The van der Waals surface area contributed by atoms with Crippen molar-refractivity contribution in [3.63, 3.8) is 0 Å². The van der Waals surface area contributed by atoms with Crippen molar-refractivity contribution in [2.45, 2.75) is 31.7 Å². The summed E-state index contributed by atoms with van der Waals surface area (Å²) in [5.41, 5.74) is 0.391. The number of benzene rings is 1. The standard InChI is InChI=1S/C15H17BrN2O3/c16-10-5-6-12(11(7-10)14(19)20)17-15(21)18-13(8-1-2-8)9-3-4-9/h5-9,13H,1-4H2,(H,19,20)(H2,17,18,21). The van der Waals surface area contributed by atoms with Gasteiger partial charge >= 0.3 is 12.0 Å². The van der Waals surface area contributed by atoms with Gasteiger partial charge in [0.1, 0.15) is 0 Å². The Bertz CT molecular complexity index is 570. The van der Waals surface area contributed by atoms with Gasteiger partial charge < -0.3 is 15.7 Å². The molecule has 21 heavy (non-hydrogen) atoms. The Balaban J connectivity index is 1.68. The number of carboxylic acid groups (broad SMARTS) is 1. The minimum absolute atomic E-state index is 0.0777. The van der Waals surface area contributed by atoms with Gasteiger partial charge in [-0.25, -0.2) is 9.59 Å². The lowest BCUT2D eigenvalue weighted by molar-refractivity contribution is 0.0698.